The molecule has 19 heavy (non-hydrogen) atoms. The van der Waals surface area contributed by atoms with Crippen molar-refractivity contribution in [2.75, 3.05) is 25.0 Å². The number of anilines is 1. The highest BCUT2D eigenvalue weighted by molar-refractivity contribution is 5.73. The minimum atomic E-state index is 0.173. The Hall–Kier alpha value is -1.51. The molecule has 104 valence electrons. The van der Waals surface area contributed by atoms with Gasteiger partial charge in [-0.1, -0.05) is 19.1 Å². The molecule has 1 fully saturated rings. The number of carbonyl (C=O) groups excluding carboxylic acids is 1. The number of aryl methyl sites for hydroxylation is 1. The van der Waals surface area contributed by atoms with Gasteiger partial charge < -0.3 is 9.80 Å². The first-order chi connectivity index (χ1) is 9.11. The molecule has 1 aliphatic heterocycles. The van der Waals surface area contributed by atoms with E-state index in [2.05, 4.69) is 36.1 Å². The first kappa shape index (κ1) is 13.9. The largest absolute Gasteiger partial charge is 0.371 e. The standard InChI is InChI=1S/C16H24N2O/c1-4-14-6-5-7-16(12-14)18-10-8-15(9-11-18)17(3)13(2)19/h5-7,12,15H,4,8-11H2,1-3H3. The van der Waals surface area contributed by atoms with E-state index in [-0.39, 0.29) is 5.91 Å². The number of rotatable bonds is 3. The van der Waals surface area contributed by atoms with Crippen molar-refractivity contribution in [3.63, 3.8) is 0 Å². The molecule has 1 saturated heterocycles. The summed E-state index contributed by atoms with van der Waals surface area (Å²) in [6.07, 6.45) is 3.20. The van der Waals surface area contributed by atoms with Crippen LogP contribution in [0, 0.1) is 0 Å². The van der Waals surface area contributed by atoms with Crippen LogP contribution in [0.25, 0.3) is 0 Å². The molecule has 1 heterocycles. The average molecular weight is 260 g/mol. The van der Waals surface area contributed by atoms with Gasteiger partial charge in [-0.15, -0.1) is 0 Å². The van der Waals surface area contributed by atoms with Crippen molar-refractivity contribution in [1.29, 1.82) is 0 Å². The summed E-state index contributed by atoms with van der Waals surface area (Å²) in [7, 11) is 1.92. The molecule has 1 aromatic carbocycles. The van der Waals surface area contributed by atoms with E-state index in [1.807, 2.05) is 11.9 Å². The molecule has 1 amide bonds. The molecule has 1 aromatic rings. The summed E-state index contributed by atoms with van der Waals surface area (Å²) in [6.45, 7) is 5.91. The summed E-state index contributed by atoms with van der Waals surface area (Å²) < 4.78 is 0. The Morgan fingerprint density at radius 1 is 1.37 bits per heavy atom. The van der Waals surface area contributed by atoms with Gasteiger partial charge >= 0.3 is 0 Å². The second-order valence-corrected chi connectivity index (χ2v) is 5.37. The van der Waals surface area contributed by atoms with Gasteiger partial charge in [0, 0.05) is 38.8 Å². The van der Waals surface area contributed by atoms with Crippen molar-refractivity contribution in [1.82, 2.24) is 4.90 Å². The molecule has 0 saturated carbocycles. The number of piperidine rings is 1. The summed E-state index contributed by atoms with van der Waals surface area (Å²) in [4.78, 5) is 15.7. The third-order valence-corrected chi connectivity index (χ3v) is 4.19. The van der Waals surface area contributed by atoms with Crippen molar-refractivity contribution < 1.29 is 4.79 Å². The Bertz CT molecular complexity index is 436. The molecule has 0 atom stereocenters. The minimum absolute atomic E-state index is 0.173. The van der Waals surface area contributed by atoms with Crippen LogP contribution < -0.4 is 4.90 Å². The van der Waals surface area contributed by atoms with Crippen LogP contribution in [0.3, 0.4) is 0 Å². The summed E-state index contributed by atoms with van der Waals surface area (Å²) in [5.41, 5.74) is 2.71. The van der Waals surface area contributed by atoms with Gasteiger partial charge in [0.25, 0.3) is 0 Å². The Balaban J connectivity index is 1.97. The van der Waals surface area contributed by atoms with Gasteiger partial charge in [-0.05, 0) is 37.0 Å². The van der Waals surface area contributed by atoms with Gasteiger partial charge in [-0.25, -0.2) is 0 Å². The maximum absolute atomic E-state index is 11.4. The molecule has 0 bridgehead atoms. The topological polar surface area (TPSA) is 23.6 Å². The van der Waals surface area contributed by atoms with Gasteiger partial charge in [0.2, 0.25) is 5.91 Å². The van der Waals surface area contributed by atoms with E-state index in [1.54, 1.807) is 6.92 Å². The van der Waals surface area contributed by atoms with Crippen LogP contribution in [0.5, 0.6) is 0 Å². The molecule has 0 radical (unpaired) electrons. The second-order valence-electron chi connectivity index (χ2n) is 5.37. The lowest BCUT2D eigenvalue weighted by Crippen LogP contribution is -2.45. The van der Waals surface area contributed by atoms with Crippen LogP contribution in [0.1, 0.15) is 32.3 Å². The molecule has 0 aromatic heterocycles. The van der Waals surface area contributed by atoms with Crippen LogP contribution in [0.15, 0.2) is 24.3 Å². The Labute approximate surface area is 116 Å². The highest BCUT2D eigenvalue weighted by Crippen LogP contribution is 2.23. The Morgan fingerprint density at radius 2 is 2.05 bits per heavy atom. The highest BCUT2D eigenvalue weighted by Gasteiger charge is 2.23. The van der Waals surface area contributed by atoms with E-state index in [4.69, 9.17) is 0 Å². The maximum Gasteiger partial charge on any atom is 0.219 e. The van der Waals surface area contributed by atoms with Crippen molar-refractivity contribution in [2.24, 2.45) is 0 Å². The number of hydrogen-bond donors (Lipinski definition) is 0. The second kappa shape index (κ2) is 6.09. The molecular weight excluding hydrogens is 236 g/mol. The van der Waals surface area contributed by atoms with E-state index in [9.17, 15) is 4.79 Å². The van der Waals surface area contributed by atoms with Crippen LogP contribution in [0.4, 0.5) is 5.69 Å². The number of benzene rings is 1. The highest BCUT2D eigenvalue weighted by atomic mass is 16.2. The molecule has 0 spiro atoms. The smallest absolute Gasteiger partial charge is 0.219 e. The first-order valence-corrected chi connectivity index (χ1v) is 7.19. The van der Waals surface area contributed by atoms with Crippen molar-refractivity contribution in [3.8, 4) is 0 Å². The fourth-order valence-electron chi connectivity index (χ4n) is 2.74. The predicted octanol–water partition coefficient (Wildman–Crippen LogP) is 2.70. The van der Waals surface area contributed by atoms with Gasteiger partial charge in [0.05, 0.1) is 0 Å². The lowest BCUT2D eigenvalue weighted by atomic mass is 10.0. The fourth-order valence-corrected chi connectivity index (χ4v) is 2.74. The maximum atomic E-state index is 11.4. The molecule has 3 heteroatoms. The zero-order chi connectivity index (χ0) is 13.8. The monoisotopic (exact) mass is 260 g/mol. The van der Waals surface area contributed by atoms with E-state index in [0.29, 0.717) is 6.04 Å². The summed E-state index contributed by atoms with van der Waals surface area (Å²) in [5.74, 6) is 0.173. The summed E-state index contributed by atoms with van der Waals surface area (Å²) in [6, 6.07) is 9.20. The van der Waals surface area contributed by atoms with E-state index in [1.165, 1.54) is 11.3 Å². The average Bonchev–Trinajstić information content (AvgIpc) is 2.46. The van der Waals surface area contributed by atoms with Crippen molar-refractivity contribution in [3.05, 3.63) is 29.8 Å². The lowest BCUT2D eigenvalue weighted by molar-refractivity contribution is -0.129. The van der Waals surface area contributed by atoms with Gasteiger partial charge in [-0.2, -0.15) is 0 Å². The molecule has 2 rings (SSSR count). The zero-order valence-corrected chi connectivity index (χ0v) is 12.2. The number of nitrogens with zero attached hydrogens (tertiary/aromatic N) is 2. The van der Waals surface area contributed by atoms with E-state index in [0.717, 1.165) is 32.4 Å². The summed E-state index contributed by atoms with van der Waals surface area (Å²) >= 11 is 0. The van der Waals surface area contributed by atoms with Gasteiger partial charge in [0.15, 0.2) is 0 Å². The third kappa shape index (κ3) is 3.28. The van der Waals surface area contributed by atoms with Crippen molar-refractivity contribution in [2.45, 2.75) is 39.2 Å². The Kier molecular flexibility index (Phi) is 4.46. The van der Waals surface area contributed by atoms with Gasteiger partial charge in [0.1, 0.15) is 0 Å². The lowest BCUT2D eigenvalue weighted by Gasteiger charge is -2.37. The molecule has 0 aliphatic carbocycles. The molecule has 0 unspecified atom stereocenters. The first-order valence-electron chi connectivity index (χ1n) is 7.19. The summed E-state index contributed by atoms with van der Waals surface area (Å²) in [5, 5.41) is 0. The van der Waals surface area contributed by atoms with Crippen LogP contribution in [0.2, 0.25) is 0 Å². The van der Waals surface area contributed by atoms with E-state index >= 15 is 0 Å². The van der Waals surface area contributed by atoms with Crippen LogP contribution >= 0.6 is 0 Å². The Morgan fingerprint density at radius 3 is 2.63 bits per heavy atom. The zero-order valence-electron chi connectivity index (χ0n) is 12.2. The quantitative estimate of drug-likeness (QED) is 0.834. The number of amides is 1. The minimum Gasteiger partial charge on any atom is -0.371 e. The van der Waals surface area contributed by atoms with Gasteiger partial charge in [-0.3, -0.25) is 4.79 Å². The van der Waals surface area contributed by atoms with E-state index < -0.39 is 0 Å². The number of hydrogen-bond acceptors (Lipinski definition) is 2. The molecule has 0 N–H and O–H groups in total. The van der Waals surface area contributed by atoms with Crippen molar-refractivity contribution >= 4 is 11.6 Å². The SMILES string of the molecule is CCc1cccc(N2CCC(N(C)C(C)=O)CC2)c1. The third-order valence-electron chi connectivity index (χ3n) is 4.19. The van der Waals surface area contributed by atoms with Crippen LogP contribution in [-0.2, 0) is 11.2 Å². The molecule has 3 nitrogen and oxygen atoms in total. The normalized spacial score (nSPS) is 16.5. The fraction of sp³-hybridized carbons (Fsp3) is 0.562. The molecular formula is C16H24N2O. The predicted molar refractivity (Wildman–Crippen MR) is 79.5 cm³/mol. The molecule has 1 aliphatic rings. The number of carbonyl (C=O) groups is 1. The van der Waals surface area contributed by atoms with Crippen LogP contribution in [-0.4, -0.2) is 37.0 Å².